The van der Waals surface area contributed by atoms with Gasteiger partial charge in [0.25, 0.3) is 0 Å². The molecule has 0 spiro atoms. The Balaban J connectivity index is 0.00000161. The summed E-state index contributed by atoms with van der Waals surface area (Å²) < 4.78 is 0. The number of carbonyl (C=O) groups excluding carboxylic acids is 1. The molecule has 0 aromatic rings. The summed E-state index contributed by atoms with van der Waals surface area (Å²) in [5, 5.41) is 3.48. The van der Waals surface area contributed by atoms with Crippen LogP contribution in [0, 0.1) is 11.3 Å². The molecule has 3 saturated heterocycles. The molecule has 3 rings (SSSR count). The highest BCUT2D eigenvalue weighted by Crippen LogP contribution is 2.29. The van der Waals surface area contributed by atoms with Crippen molar-refractivity contribution in [2.45, 2.75) is 39.0 Å². The number of rotatable bonds is 3. The Morgan fingerprint density at radius 2 is 2.00 bits per heavy atom. The molecule has 0 aromatic heterocycles. The van der Waals surface area contributed by atoms with Crippen molar-refractivity contribution in [1.82, 2.24) is 15.1 Å². The monoisotopic (exact) mass is 315 g/mol. The standard InChI is InChI=1S/C16H29N3O.ClH/c1-16(6-7-17-12-16)13-18-8-4-5-14(11-18)15(20)19-9-2-3-10-19;/h14,17H,2-13H2,1H3;1H. The van der Waals surface area contributed by atoms with Gasteiger partial charge in [0.05, 0.1) is 5.92 Å². The molecule has 3 fully saturated rings. The quantitative estimate of drug-likeness (QED) is 0.862. The summed E-state index contributed by atoms with van der Waals surface area (Å²) in [6.07, 6.45) is 5.96. The molecule has 4 nitrogen and oxygen atoms in total. The molecule has 1 amide bonds. The van der Waals surface area contributed by atoms with Crippen LogP contribution in [0.4, 0.5) is 0 Å². The third kappa shape index (κ3) is 4.11. The fourth-order valence-electron chi connectivity index (χ4n) is 4.14. The van der Waals surface area contributed by atoms with Crippen molar-refractivity contribution in [3.8, 4) is 0 Å². The third-order valence-corrected chi connectivity index (χ3v) is 5.33. The molecule has 122 valence electrons. The summed E-state index contributed by atoms with van der Waals surface area (Å²) in [5.41, 5.74) is 0.415. The number of amides is 1. The summed E-state index contributed by atoms with van der Waals surface area (Å²) in [6.45, 7) is 10.00. The van der Waals surface area contributed by atoms with Crippen LogP contribution in [0.5, 0.6) is 0 Å². The Morgan fingerprint density at radius 3 is 2.67 bits per heavy atom. The van der Waals surface area contributed by atoms with Gasteiger partial charge < -0.3 is 15.1 Å². The van der Waals surface area contributed by atoms with Crippen LogP contribution < -0.4 is 5.32 Å². The average Bonchev–Trinajstić information content (AvgIpc) is 3.10. The molecule has 0 radical (unpaired) electrons. The van der Waals surface area contributed by atoms with E-state index in [0.29, 0.717) is 11.3 Å². The highest BCUT2D eigenvalue weighted by atomic mass is 35.5. The smallest absolute Gasteiger partial charge is 0.226 e. The van der Waals surface area contributed by atoms with Crippen LogP contribution >= 0.6 is 12.4 Å². The maximum absolute atomic E-state index is 12.5. The minimum absolute atomic E-state index is 0. The molecule has 2 atom stereocenters. The van der Waals surface area contributed by atoms with E-state index < -0.39 is 0 Å². The zero-order valence-corrected chi connectivity index (χ0v) is 14.1. The van der Waals surface area contributed by atoms with E-state index in [4.69, 9.17) is 0 Å². The van der Waals surface area contributed by atoms with Crippen molar-refractivity contribution in [2.75, 3.05) is 45.8 Å². The Morgan fingerprint density at radius 1 is 1.24 bits per heavy atom. The molecule has 0 aromatic carbocycles. The molecule has 3 heterocycles. The van der Waals surface area contributed by atoms with Crippen LogP contribution in [0.1, 0.15) is 39.0 Å². The van der Waals surface area contributed by atoms with Gasteiger partial charge in [-0.15, -0.1) is 12.4 Å². The second-order valence-electron chi connectivity index (χ2n) is 7.34. The van der Waals surface area contributed by atoms with Crippen molar-refractivity contribution in [3.63, 3.8) is 0 Å². The topological polar surface area (TPSA) is 35.6 Å². The highest BCUT2D eigenvalue weighted by molar-refractivity contribution is 5.85. The number of carbonyl (C=O) groups is 1. The van der Waals surface area contributed by atoms with Gasteiger partial charge in [0.15, 0.2) is 0 Å². The minimum atomic E-state index is 0. The molecule has 2 unspecified atom stereocenters. The summed E-state index contributed by atoms with van der Waals surface area (Å²) in [4.78, 5) is 17.2. The maximum Gasteiger partial charge on any atom is 0.226 e. The van der Waals surface area contributed by atoms with E-state index in [1.807, 2.05) is 0 Å². The van der Waals surface area contributed by atoms with Gasteiger partial charge >= 0.3 is 0 Å². The molecule has 3 aliphatic rings. The van der Waals surface area contributed by atoms with Crippen LogP contribution in [0.15, 0.2) is 0 Å². The molecule has 21 heavy (non-hydrogen) atoms. The van der Waals surface area contributed by atoms with Crippen LogP contribution in [0.2, 0.25) is 0 Å². The van der Waals surface area contributed by atoms with E-state index >= 15 is 0 Å². The number of nitrogens with zero attached hydrogens (tertiary/aromatic N) is 2. The zero-order valence-electron chi connectivity index (χ0n) is 13.3. The fraction of sp³-hybridized carbons (Fsp3) is 0.938. The van der Waals surface area contributed by atoms with Gasteiger partial charge in [-0.3, -0.25) is 4.79 Å². The number of halogens is 1. The second kappa shape index (κ2) is 7.30. The number of nitrogens with one attached hydrogen (secondary N) is 1. The Labute approximate surface area is 135 Å². The van der Waals surface area contributed by atoms with E-state index in [1.165, 1.54) is 32.2 Å². The van der Waals surface area contributed by atoms with Crippen LogP contribution in [-0.4, -0.2) is 61.5 Å². The van der Waals surface area contributed by atoms with Gasteiger partial charge in [0, 0.05) is 32.7 Å². The molecule has 3 aliphatic heterocycles. The van der Waals surface area contributed by atoms with E-state index in [-0.39, 0.29) is 18.3 Å². The summed E-state index contributed by atoms with van der Waals surface area (Å²) in [5.74, 6) is 0.696. The lowest BCUT2D eigenvalue weighted by atomic mass is 9.87. The van der Waals surface area contributed by atoms with Crippen LogP contribution in [0.25, 0.3) is 0 Å². The fourth-order valence-corrected chi connectivity index (χ4v) is 4.14. The number of hydrogen-bond donors (Lipinski definition) is 1. The van der Waals surface area contributed by atoms with E-state index in [2.05, 4.69) is 22.0 Å². The summed E-state index contributed by atoms with van der Waals surface area (Å²) in [6, 6.07) is 0. The molecular formula is C16H30ClN3O. The number of hydrogen-bond acceptors (Lipinski definition) is 3. The lowest BCUT2D eigenvalue weighted by Crippen LogP contribution is -2.47. The van der Waals surface area contributed by atoms with Crippen LogP contribution in [-0.2, 0) is 4.79 Å². The van der Waals surface area contributed by atoms with Crippen molar-refractivity contribution in [1.29, 1.82) is 0 Å². The SMILES string of the molecule is CC1(CN2CCCC(C(=O)N3CCCC3)C2)CCNC1.Cl. The van der Waals surface area contributed by atoms with Gasteiger partial charge in [-0.2, -0.15) is 0 Å². The number of piperidine rings is 1. The Hall–Kier alpha value is -0.320. The van der Waals surface area contributed by atoms with Gasteiger partial charge in [-0.05, 0) is 50.6 Å². The molecular weight excluding hydrogens is 286 g/mol. The van der Waals surface area contributed by atoms with Crippen molar-refractivity contribution >= 4 is 18.3 Å². The largest absolute Gasteiger partial charge is 0.342 e. The lowest BCUT2D eigenvalue weighted by molar-refractivity contribution is -0.136. The second-order valence-corrected chi connectivity index (χ2v) is 7.34. The molecule has 1 N–H and O–H groups in total. The lowest BCUT2D eigenvalue weighted by Gasteiger charge is -2.38. The Kier molecular flexibility index (Phi) is 5.92. The molecule has 5 heteroatoms. The molecule has 0 bridgehead atoms. The van der Waals surface area contributed by atoms with Gasteiger partial charge in [0.1, 0.15) is 0 Å². The first-order valence-electron chi connectivity index (χ1n) is 8.38. The predicted octanol–water partition coefficient (Wildman–Crippen LogP) is 1.74. The van der Waals surface area contributed by atoms with E-state index in [0.717, 1.165) is 45.7 Å². The van der Waals surface area contributed by atoms with Gasteiger partial charge in [-0.25, -0.2) is 0 Å². The zero-order chi connectivity index (χ0) is 14.0. The molecule has 0 saturated carbocycles. The summed E-state index contributed by atoms with van der Waals surface area (Å²) in [7, 11) is 0. The maximum atomic E-state index is 12.5. The first-order chi connectivity index (χ1) is 9.66. The van der Waals surface area contributed by atoms with E-state index in [1.54, 1.807) is 0 Å². The van der Waals surface area contributed by atoms with Gasteiger partial charge in [0.2, 0.25) is 5.91 Å². The Bertz CT molecular complexity index is 351. The third-order valence-electron chi connectivity index (χ3n) is 5.33. The van der Waals surface area contributed by atoms with E-state index in [9.17, 15) is 4.79 Å². The minimum Gasteiger partial charge on any atom is -0.342 e. The first kappa shape index (κ1) is 17.0. The molecule has 0 aliphatic carbocycles. The van der Waals surface area contributed by atoms with Crippen molar-refractivity contribution in [2.24, 2.45) is 11.3 Å². The predicted molar refractivity (Wildman–Crippen MR) is 87.8 cm³/mol. The van der Waals surface area contributed by atoms with Gasteiger partial charge in [-0.1, -0.05) is 6.92 Å². The van der Waals surface area contributed by atoms with Crippen molar-refractivity contribution < 1.29 is 4.79 Å². The average molecular weight is 316 g/mol. The number of likely N-dealkylation sites (tertiary alicyclic amines) is 2. The van der Waals surface area contributed by atoms with Crippen molar-refractivity contribution in [3.05, 3.63) is 0 Å². The normalized spacial score (nSPS) is 34.0. The first-order valence-corrected chi connectivity index (χ1v) is 8.38. The summed E-state index contributed by atoms with van der Waals surface area (Å²) >= 11 is 0. The highest BCUT2D eigenvalue weighted by Gasteiger charge is 2.35. The van der Waals surface area contributed by atoms with Crippen LogP contribution in [0.3, 0.4) is 0 Å².